The van der Waals surface area contributed by atoms with E-state index >= 15 is 0 Å². The SMILES string of the molecule is O=C(NN1CCOCC1)c1ccc(F)c(Br)c1. The molecular weight excluding hydrogens is 291 g/mol. The molecule has 0 spiro atoms. The van der Waals surface area contributed by atoms with Crippen molar-refractivity contribution < 1.29 is 13.9 Å². The number of ether oxygens (including phenoxy) is 1. The first-order valence-electron chi connectivity index (χ1n) is 5.25. The van der Waals surface area contributed by atoms with Gasteiger partial charge in [0.05, 0.1) is 17.7 Å². The fraction of sp³-hybridized carbons (Fsp3) is 0.364. The van der Waals surface area contributed by atoms with E-state index in [4.69, 9.17) is 4.74 Å². The Labute approximate surface area is 107 Å². The second kappa shape index (κ2) is 5.57. The van der Waals surface area contributed by atoms with Gasteiger partial charge in [-0.05, 0) is 34.1 Å². The Morgan fingerprint density at radius 2 is 2.12 bits per heavy atom. The lowest BCUT2D eigenvalue weighted by Crippen LogP contribution is -2.48. The number of hydrazine groups is 1. The number of amides is 1. The van der Waals surface area contributed by atoms with E-state index in [0.717, 1.165) is 0 Å². The topological polar surface area (TPSA) is 41.6 Å². The minimum atomic E-state index is -0.382. The molecule has 1 aromatic rings. The number of rotatable bonds is 2. The Kier molecular flexibility index (Phi) is 4.09. The summed E-state index contributed by atoms with van der Waals surface area (Å²) in [5.74, 6) is -0.625. The van der Waals surface area contributed by atoms with Crippen LogP contribution in [0.4, 0.5) is 4.39 Å². The first-order valence-corrected chi connectivity index (χ1v) is 6.05. The largest absolute Gasteiger partial charge is 0.379 e. The van der Waals surface area contributed by atoms with Crippen molar-refractivity contribution in [2.24, 2.45) is 0 Å². The number of nitrogens with one attached hydrogen (secondary N) is 1. The van der Waals surface area contributed by atoms with Crippen LogP contribution in [0, 0.1) is 5.82 Å². The van der Waals surface area contributed by atoms with E-state index in [2.05, 4.69) is 21.4 Å². The molecule has 0 aliphatic carbocycles. The number of halogens is 2. The van der Waals surface area contributed by atoms with E-state index in [1.165, 1.54) is 18.2 Å². The van der Waals surface area contributed by atoms with Crippen LogP contribution in [0.3, 0.4) is 0 Å². The van der Waals surface area contributed by atoms with Crippen LogP contribution in [0.5, 0.6) is 0 Å². The molecule has 1 aliphatic rings. The van der Waals surface area contributed by atoms with Crippen LogP contribution in [0.2, 0.25) is 0 Å². The van der Waals surface area contributed by atoms with Crippen molar-refractivity contribution in [2.45, 2.75) is 0 Å². The number of carbonyl (C=O) groups is 1. The summed E-state index contributed by atoms with van der Waals surface area (Å²) in [4.78, 5) is 11.8. The van der Waals surface area contributed by atoms with E-state index in [-0.39, 0.29) is 16.2 Å². The van der Waals surface area contributed by atoms with E-state index < -0.39 is 0 Å². The van der Waals surface area contributed by atoms with Gasteiger partial charge in [-0.15, -0.1) is 0 Å². The van der Waals surface area contributed by atoms with Gasteiger partial charge in [0.15, 0.2) is 0 Å². The monoisotopic (exact) mass is 302 g/mol. The number of hydrogen-bond acceptors (Lipinski definition) is 3. The minimum absolute atomic E-state index is 0.243. The van der Waals surface area contributed by atoms with E-state index in [1.54, 1.807) is 5.01 Å². The molecule has 1 aliphatic heterocycles. The molecule has 0 saturated carbocycles. The smallest absolute Gasteiger partial charge is 0.265 e. The average molecular weight is 303 g/mol. The quantitative estimate of drug-likeness (QED) is 0.901. The molecule has 0 unspecified atom stereocenters. The van der Waals surface area contributed by atoms with Crippen molar-refractivity contribution in [3.8, 4) is 0 Å². The van der Waals surface area contributed by atoms with Crippen molar-refractivity contribution in [3.63, 3.8) is 0 Å². The third kappa shape index (κ3) is 3.24. The van der Waals surface area contributed by atoms with Crippen LogP contribution in [0.1, 0.15) is 10.4 Å². The molecule has 1 saturated heterocycles. The molecule has 0 atom stereocenters. The fourth-order valence-corrected chi connectivity index (χ4v) is 1.90. The molecule has 0 radical (unpaired) electrons. The Morgan fingerprint density at radius 1 is 1.41 bits per heavy atom. The number of hydrogen-bond donors (Lipinski definition) is 1. The third-order valence-electron chi connectivity index (χ3n) is 2.45. The summed E-state index contributed by atoms with van der Waals surface area (Å²) in [6, 6.07) is 4.18. The summed E-state index contributed by atoms with van der Waals surface area (Å²) in [5, 5.41) is 1.79. The van der Waals surface area contributed by atoms with Gasteiger partial charge in [0, 0.05) is 18.7 Å². The van der Waals surface area contributed by atoms with E-state index in [0.29, 0.717) is 31.9 Å². The number of morpholine rings is 1. The maximum atomic E-state index is 13.0. The van der Waals surface area contributed by atoms with Crippen molar-refractivity contribution in [1.82, 2.24) is 10.4 Å². The molecule has 1 fully saturated rings. The zero-order chi connectivity index (χ0) is 12.3. The zero-order valence-corrected chi connectivity index (χ0v) is 10.7. The van der Waals surface area contributed by atoms with Crippen LogP contribution in [-0.2, 0) is 4.74 Å². The number of benzene rings is 1. The molecule has 0 bridgehead atoms. The summed E-state index contributed by atoms with van der Waals surface area (Å²) >= 11 is 3.05. The highest BCUT2D eigenvalue weighted by Crippen LogP contribution is 2.16. The highest BCUT2D eigenvalue weighted by Gasteiger charge is 2.14. The Balaban J connectivity index is 2.01. The molecule has 1 amide bonds. The van der Waals surface area contributed by atoms with Crippen LogP contribution in [0.15, 0.2) is 22.7 Å². The first kappa shape index (κ1) is 12.5. The maximum absolute atomic E-state index is 13.0. The molecular formula is C11H12BrFN2O2. The molecule has 92 valence electrons. The molecule has 1 heterocycles. The standard InChI is InChI=1S/C11H12BrFN2O2/c12-9-7-8(1-2-10(9)13)11(16)14-15-3-5-17-6-4-15/h1-2,7H,3-6H2,(H,14,16). The van der Waals surface area contributed by atoms with Crippen molar-refractivity contribution in [1.29, 1.82) is 0 Å². The number of nitrogens with zero attached hydrogens (tertiary/aromatic N) is 1. The van der Waals surface area contributed by atoms with Crippen LogP contribution in [0.25, 0.3) is 0 Å². The molecule has 6 heteroatoms. The van der Waals surface area contributed by atoms with Gasteiger partial charge in [-0.3, -0.25) is 10.2 Å². The Bertz CT molecular complexity index is 422. The summed E-state index contributed by atoms with van der Waals surface area (Å²) in [7, 11) is 0. The Morgan fingerprint density at radius 3 is 2.76 bits per heavy atom. The summed E-state index contributed by atoms with van der Waals surface area (Å²) in [5.41, 5.74) is 3.17. The average Bonchev–Trinajstić information content (AvgIpc) is 2.34. The van der Waals surface area contributed by atoms with Gasteiger partial charge in [0.2, 0.25) is 0 Å². The summed E-state index contributed by atoms with van der Waals surface area (Å²) in [6.45, 7) is 2.53. The van der Waals surface area contributed by atoms with Gasteiger partial charge >= 0.3 is 0 Å². The summed E-state index contributed by atoms with van der Waals surface area (Å²) in [6.07, 6.45) is 0. The van der Waals surface area contributed by atoms with E-state index in [1.807, 2.05) is 0 Å². The summed E-state index contributed by atoms with van der Waals surface area (Å²) < 4.78 is 18.5. The second-order valence-corrected chi connectivity index (χ2v) is 4.52. The lowest BCUT2D eigenvalue weighted by molar-refractivity contribution is 0.0126. The van der Waals surface area contributed by atoms with Gasteiger partial charge in [-0.1, -0.05) is 0 Å². The molecule has 17 heavy (non-hydrogen) atoms. The van der Waals surface area contributed by atoms with Gasteiger partial charge in [-0.25, -0.2) is 9.40 Å². The fourth-order valence-electron chi connectivity index (χ4n) is 1.52. The van der Waals surface area contributed by atoms with Crippen LogP contribution in [-0.4, -0.2) is 37.2 Å². The van der Waals surface area contributed by atoms with Crippen molar-refractivity contribution in [3.05, 3.63) is 34.1 Å². The van der Waals surface area contributed by atoms with Gasteiger partial charge in [0.25, 0.3) is 5.91 Å². The van der Waals surface area contributed by atoms with Gasteiger partial charge in [-0.2, -0.15) is 0 Å². The lowest BCUT2D eigenvalue weighted by Gasteiger charge is -2.26. The second-order valence-electron chi connectivity index (χ2n) is 3.67. The predicted molar refractivity (Wildman–Crippen MR) is 64.0 cm³/mol. The minimum Gasteiger partial charge on any atom is -0.379 e. The van der Waals surface area contributed by atoms with Gasteiger partial charge < -0.3 is 4.74 Å². The predicted octanol–water partition coefficient (Wildman–Crippen LogP) is 1.57. The molecule has 4 nitrogen and oxygen atoms in total. The number of carbonyl (C=O) groups excluding carboxylic acids is 1. The molecule has 2 rings (SSSR count). The zero-order valence-electron chi connectivity index (χ0n) is 9.08. The maximum Gasteiger partial charge on any atom is 0.265 e. The van der Waals surface area contributed by atoms with Crippen LogP contribution < -0.4 is 5.43 Å². The van der Waals surface area contributed by atoms with Gasteiger partial charge in [0.1, 0.15) is 5.82 Å². The third-order valence-corrected chi connectivity index (χ3v) is 3.06. The lowest BCUT2D eigenvalue weighted by atomic mass is 10.2. The normalized spacial score (nSPS) is 16.8. The Hall–Kier alpha value is -0.980. The van der Waals surface area contributed by atoms with Crippen LogP contribution >= 0.6 is 15.9 Å². The van der Waals surface area contributed by atoms with Crippen molar-refractivity contribution in [2.75, 3.05) is 26.3 Å². The molecule has 1 aromatic carbocycles. The first-order chi connectivity index (χ1) is 8.16. The highest BCUT2D eigenvalue weighted by molar-refractivity contribution is 9.10. The van der Waals surface area contributed by atoms with Crippen molar-refractivity contribution >= 4 is 21.8 Å². The highest BCUT2D eigenvalue weighted by atomic mass is 79.9. The van der Waals surface area contributed by atoms with E-state index in [9.17, 15) is 9.18 Å². The molecule has 1 N–H and O–H groups in total. The molecule has 0 aromatic heterocycles.